The van der Waals surface area contributed by atoms with Gasteiger partial charge in [0.05, 0.1) is 0 Å². The van der Waals surface area contributed by atoms with Gasteiger partial charge in [-0.1, -0.05) is 60.7 Å². The largest absolute Gasteiger partial charge is 0.399 e. The van der Waals surface area contributed by atoms with Gasteiger partial charge in [0.15, 0.2) is 0 Å². The van der Waals surface area contributed by atoms with Crippen molar-refractivity contribution in [2.24, 2.45) is 0 Å². The second-order valence-electron chi connectivity index (χ2n) is 6.54. The van der Waals surface area contributed by atoms with E-state index in [0.717, 1.165) is 5.69 Å². The summed E-state index contributed by atoms with van der Waals surface area (Å²) in [6, 6.07) is 27.9. The van der Waals surface area contributed by atoms with Gasteiger partial charge in [-0.3, -0.25) is 0 Å². The lowest BCUT2D eigenvalue weighted by molar-refractivity contribution is 1.64. The molecule has 0 aliphatic heterocycles. The molecular weight excluding hydrogens is 334 g/mol. The standard InChI is InChI=1S/C24H17NS/c25-20-10-7-17(8-11-20)23-14-26-15-24(23)19-9-12-22-18(13-19)6-5-16-3-1-2-4-21(16)22/h1-15H,25H2. The molecule has 0 radical (unpaired) electrons. The highest BCUT2D eigenvalue weighted by molar-refractivity contribution is 7.08. The second kappa shape index (κ2) is 6.01. The first-order chi connectivity index (χ1) is 12.8. The number of nitrogens with two attached hydrogens (primary N) is 1. The Kier molecular flexibility index (Phi) is 3.51. The zero-order chi connectivity index (χ0) is 17.5. The van der Waals surface area contributed by atoms with Crippen LogP contribution in [0.15, 0.2) is 89.6 Å². The molecule has 5 aromatic rings. The Morgan fingerprint density at radius 2 is 1.23 bits per heavy atom. The van der Waals surface area contributed by atoms with Crippen LogP contribution in [0.25, 0.3) is 43.8 Å². The molecule has 0 aliphatic carbocycles. The molecule has 4 aromatic carbocycles. The van der Waals surface area contributed by atoms with Gasteiger partial charge in [0, 0.05) is 16.8 Å². The molecule has 1 nitrogen and oxygen atoms in total. The van der Waals surface area contributed by atoms with Crippen molar-refractivity contribution in [2.45, 2.75) is 0 Å². The molecule has 2 heteroatoms. The van der Waals surface area contributed by atoms with Crippen molar-refractivity contribution in [3.8, 4) is 22.3 Å². The minimum absolute atomic E-state index is 0.795. The van der Waals surface area contributed by atoms with Crippen LogP contribution in [0.4, 0.5) is 5.69 Å². The average Bonchev–Trinajstić information content (AvgIpc) is 3.18. The van der Waals surface area contributed by atoms with Crippen LogP contribution < -0.4 is 5.73 Å². The third-order valence-electron chi connectivity index (χ3n) is 4.94. The van der Waals surface area contributed by atoms with Gasteiger partial charge in [-0.2, -0.15) is 11.3 Å². The molecule has 0 saturated carbocycles. The molecule has 0 unspecified atom stereocenters. The normalized spacial score (nSPS) is 11.2. The maximum absolute atomic E-state index is 5.84. The van der Waals surface area contributed by atoms with Crippen molar-refractivity contribution in [1.29, 1.82) is 0 Å². The molecule has 0 spiro atoms. The summed E-state index contributed by atoms with van der Waals surface area (Å²) in [5, 5.41) is 9.61. The maximum Gasteiger partial charge on any atom is 0.0314 e. The third kappa shape index (κ3) is 2.47. The first kappa shape index (κ1) is 15.2. The molecule has 1 aromatic heterocycles. The number of fused-ring (bicyclic) bond motifs is 3. The van der Waals surface area contributed by atoms with Gasteiger partial charge in [-0.05, 0) is 61.6 Å². The molecule has 5 rings (SSSR count). The van der Waals surface area contributed by atoms with Crippen molar-refractivity contribution < 1.29 is 0 Å². The van der Waals surface area contributed by atoms with Gasteiger partial charge >= 0.3 is 0 Å². The number of hydrogen-bond donors (Lipinski definition) is 1. The van der Waals surface area contributed by atoms with Crippen molar-refractivity contribution in [3.63, 3.8) is 0 Å². The fourth-order valence-corrected chi connectivity index (χ4v) is 4.45. The lowest BCUT2D eigenvalue weighted by atomic mass is 9.95. The third-order valence-corrected chi connectivity index (χ3v) is 5.68. The summed E-state index contributed by atoms with van der Waals surface area (Å²) in [5.74, 6) is 0. The van der Waals surface area contributed by atoms with E-state index in [1.54, 1.807) is 11.3 Å². The van der Waals surface area contributed by atoms with Crippen molar-refractivity contribution in [3.05, 3.63) is 89.6 Å². The Balaban J connectivity index is 1.67. The Morgan fingerprint density at radius 3 is 2.08 bits per heavy atom. The molecule has 0 amide bonds. The lowest BCUT2D eigenvalue weighted by Crippen LogP contribution is -1.85. The highest BCUT2D eigenvalue weighted by atomic mass is 32.1. The van der Waals surface area contributed by atoms with Gasteiger partial charge in [0.25, 0.3) is 0 Å². The van der Waals surface area contributed by atoms with Crippen LogP contribution in [0.1, 0.15) is 0 Å². The quantitative estimate of drug-likeness (QED) is 0.270. The average molecular weight is 351 g/mol. The first-order valence-electron chi connectivity index (χ1n) is 8.63. The minimum Gasteiger partial charge on any atom is -0.399 e. The summed E-state index contributed by atoms with van der Waals surface area (Å²) in [5.41, 5.74) is 11.6. The van der Waals surface area contributed by atoms with E-state index in [2.05, 4.69) is 77.5 Å². The van der Waals surface area contributed by atoms with Crippen LogP contribution in [0.5, 0.6) is 0 Å². The lowest BCUT2D eigenvalue weighted by Gasteiger charge is -2.09. The van der Waals surface area contributed by atoms with E-state index in [1.807, 2.05) is 12.1 Å². The highest BCUT2D eigenvalue weighted by Gasteiger charge is 2.10. The molecule has 2 N–H and O–H groups in total. The van der Waals surface area contributed by atoms with Crippen molar-refractivity contribution >= 4 is 38.6 Å². The van der Waals surface area contributed by atoms with Gasteiger partial charge in [0.2, 0.25) is 0 Å². The van der Waals surface area contributed by atoms with Crippen LogP contribution in [-0.2, 0) is 0 Å². The number of benzene rings is 4. The monoisotopic (exact) mass is 351 g/mol. The zero-order valence-corrected chi connectivity index (χ0v) is 15.0. The second-order valence-corrected chi connectivity index (χ2v) is 7.29. The minimum atomic E-state index is 0.795. The summed E-state index contributed by atoms with van der Waals surface area (Å²) >= 11 is 1.74. The van der Waals surface area contributed by atoms with E-state index in [4.69, 9.17) is 5.73 Å². The Morgan fingerprint density at radius 1 is 0.577 bits per heavy atom. The van der Waals surface area contributed by atoms with Gasteiger partial charge < -0.3 is 5.73 Å². The molecule has 0 aliphatic rings. The number of thiophene rings is 1. The van der Waals surface area contributed by atoms with E-state index < -0.39 is 0 Å². The van der Waals surface area contributed by atoms with Crippen molar-refractivity contribution in [1.82, 2.24) is 0 Å². The van der Waals surface area contributed by atoms with Crippen LogP contribution in [0.2, 0.25) is 0 Å². The Labute approximate surface area is 156 Å². The van der Waals surface area contributed by atoms with Crippen LogP contribution in [0.3, 0.4) is 0 Å². The Bertz CT molecular complexity index is 1230. The van der Waals surface area contributed by atoms with E-state index in [-0.39, 0.29) is 0 Å². The van der Waals surface area contributed by atoms with Crippen LogP contribution in [-0.4, -0.2) is 0 Å². The zero-order valence-electron chi connectivity index (χ0n) is 14.1. The Hall–Kier alpha value is -3.10. The summed E-state index contributed by atoms with van der Waals surface area (Å²) in [4.78, 5) is 0. The van der Waals surface area contributed by atoms with Gasteiger partial charge in [0.1, 0.15) is 0 Å². The number of anilines is 1. The number of nitrogen functional groups attached to an aromatic ring is 1. The van der Waals surface area contributed by atoms with Crippen LogP contribution in [0, 0.1) is 0 Å². The molecular formula is C24H17NS. The number of rotatable bonds is 2. The van der Waals surface area contributed by atoms with Crippen molar-refractivity contribution in [2.75, 3.05) is 5.73 Å². The van der Waals surface area contributed by atoms with Gasteiger partial charge in [-0.25, -0.2) is 0 Å². The molecule has 0 bridgehead atoms. The molecule has 124 valence electrons. The SMILES string of the molecule is Nc1ccc(-c2cscc2-c2ccc3c(ccc4ccccc43)c2)cc1. The van der Waals surface area contributed by atoms with Crippen LogP contribution >= 0.6 is 11.3 Å². The van der Waals surface area contributed by atoms with Gasteiger partial charge in [-0.15, -0.1) is 0 Å². The topological polar surface area (TPSA) is 26.0 Å². The predicted octanol–water partition coefficient (Wildman–Crippen LogP) is 6.97. The summed E-state index contributed by atoms with van der Waals surface area (Å²) in [6.45, 7) is 0. The predicted molar refractivity (Wildman–Crippen MR) is 115 cm³/mol. The number of hydrogen-bond acceptors (Lipinski definition) is 2. The summed E-state index contributed by atoms with van der Waals surface area (Å²) < 4.78 is 0. The first-order valence-corrected chi connectivity index (χ1v) is 9.58. The fraction of sp³-hybridized carbons (Fsp3) is 0. The molecule has 0 fully saturated rings. The fourth-order valence-electron chi connectivity index (χ4n) is 3.59. The summed E-state index contributed by atoms with van der Waals surface area (Å²) in [6.07, 6.45) is 0. The van der Waals surface area contributed by atoms with E-state index in [1.165, 1.54) is 43.8 Å². The van der Waals surface area contributed by atoms with E-state index in [9.17, 15) is 0 Å². The van der Waals surface area contributed by atoms with E-state index >= 15 is 0 Å². The summed E-state index contributed by atoms with van der Waals surface area (Å²) in [7, 11) is 0. The molecule has 26 heavy (non-hydrogen) atoms. The molecule has 0 atom stereocenters. The highest BCUT2D eigenvalue weighted by Crippen LogP contribution is 2.37. The maximum atomic E-state index is 5.84. The van der Waals surface area contributed by atoms with E-state index in [0.29, 0.717) is 0 Å². The molecule has 0 saturated heterocycles. The molecule has 1 heterocycles. The smallest absolute Gasteiger partial charge is 0.0314 e.